The summed E-state index contributed by atoms with van der Waals surface area (Å²) in [5.41, 5.74) is 5.02. The van der Waals surface area contributed by atoms with Gasteiger partial charge in [0.1, 0.15) is 6.10 Å². The lowest BCUT2D eigenvalue weighted by molar-refractivity contribution is -0.145. The lowest BCUT2D eigenvalue weighted by Gasteiger charge is -2.52. The second-order valence-electron chi connectivity index (χ2n) is 10.9. The smallest absolute Gasteiger partial charge is 0.311 e. The van der Waals surface area contributed by atoms with Crippen LogP contribution in [0.3, 0.4) is 0 Å². The van der Waals surface area contributed by atoms with Crippen LogP contribution in [0.25, 0.3) is 0 Å². The Morgan fingerprint density at radius 3 is 2.62 bits per heavy atom. The molecule has 174 valence electrons. The number of aryl methyl sites for hydroxylation is 2. The van der Waals surface area contributed by atoms with Crippen LogP contribution in [0.1, 0.15) is 44.2 Å². The quantitative estimate of drug-likeness (QED) is 0.576. The first kappa shape index (κ1) is 22.0. The van der Waals surface area contributed by atoms with Crippen molar-refractivity contribution in [1.82, 2.24) is 4.90 Å². The molecule has 6 atom stereocenters. The first-order valence-electron chi connectivity index (χ1n) is 12.4. The number of nitrogens with zero attached hydrogens (tertiary/aromatic N) is 2. The van der Waals surface area contributed by atoms with Crippen LogP contribution in [0, 0.1) is 37.0 Å². The summed E-state index contributed by atoms with van der Waals surface area (Å²) in [4.78, 5) is 17.8. The second kappa shape index (κ2) is 8.18. The maximum atomic E-state index is 12.9. The van der Waals surface area contributed by atoms with E-state index in [2.05, 4.69) is 61.8 Å². The molecule has 1 saturated carbocycles. The maximum Gasteiger partial charge on any atom is 0.311 e. The van der Waals surface area contributed by atoms with Crippen molar-refractivity contribution in [3.63, 3.8) is 0 Å². The molecule has 5 nitrogen and oxygen atoms in total. The molecule has 0 unspecified atom stereocenters. The zero-order valence-electron chi connectivity index (χ0n) is 20.0. The van der Waals surface area contributed by atoms with Gasteiger partial charge in [-0.1, -0.05) is 31.6 Å². The largest absolute Gasteiger partial charge is 0.461 e. The molecule has 5 rings (SSSR count). The Bertz CT molecular complexity index is 919. The van der Waals surface area contributed by atoms with E-state index in [0.29, 0.717) is 12.5 Å². The van der Waals surface area contributed by atoms with Crippen molar-refractivity contribution >= 4 is 11.7 Å². The van der Waals surface area contributed by atoms with Crippen molar-refractivity contribution < 1.29 is 14.6 Å². The molecule has 2 aliphatic carbocycles. The van der Waals surface area contributed by atoms with Gasteiger partial charge >= 0.3 is 5.97 Å². The van der Waals surface area contributed by atoms with E-state index in [1.807, 2.05) is 0 Å². The summed E-state index contributed by atoms with van der Waals surface area (Å²) in [5, 5.41) is 11.6. The normalized spacial score (nSPS) is 37.5. The molecule has 2 aliphatic heterocycles. The Morgan fingerprint density at radius 1 is 1.16 bits per heavy atom. The summed E-state index contributed by atoms with van der Waals surface area (Å²) in [6.07, 6.45) is 4.59. The highest BCUT2D eigenvalue weighted by Crippen LogP contribution is 2.56. The number of aliphatic hydroxyl groups is 1. The van der Waals surface area contributed by atoms with Gasteiger partial charge in [-0.05, 0) is 55.9 Å². The Morgan fingerprint density at radius 2 is 1.91 bits per heavy atom. The zero-order valence-corrected chi connectivity index (χ0v) is 20.0. The van der Waals surface area contributed by atoms with Crippen LogP contribution in [0.15, 0.2) is 29.8 Å². The summed E-state index contributed by atoms with van der Waals surface area (Å²) >= 11 is 0. The van der Waals surface area contributed by atoms with E-state index in [1.165, 1.54) is 22.4 Å². The second-order valence-corrected chi connectivity index (χ2v) is 10.9. The molecule has 0 spiro atoms. The van der Waals surface area contributed by atoms with Crippen LogP contribution in [0.4, 0.5) is 5.69 Å². The molecule has 3 fully saturated rings. The summed E-state index contributed by atoms with van der Waals surface area (Å²) < 4.78 is 5.86. The fraction of sp³-hybridized carbons (Fsp3) is 0.667. The number of carbonyl (C=O) groups is 1. The molecular formula is C27H38N2O3. The number of carbonyl (C=O) groups excluding carboxylic acids is 1. The van der Waals surface area contributed by atoms with Crippen LogP contribution < -0.4 is 4.90 Å². The van der Waals surface area contributed by atoms with Gasteiger partial charge in [0.05, 0.1) is 12.0 Å². The minimum atomic E-state index is -0.518. The van der Waals surface area contributed by atoms with Gasteiger partial charge in [-0.3, -0.25) is 9.69 Å². The molecular weight excluding hydrogens is 400 g/mol. The fourth-order valence-corrected chi connectivity index (χ4v) is 6.66. The van der Waals surface area contributed by atoms with Crippen molar-refractivity contribution in [2.24, 2.45) is 23.2 Å². The summed E-state index contributed by atoms with van der Waals surface area (Å²) in [5.74, 6) is 0.00102. The monoisotopic (exact) mass is 438 g/mol. The van der Waals surface area contributed by atoms with Crippen LogP contribution in [-0.4, -0.2) is 60.9 Å². The highest BCUT2D eigenvalue weighted by molar-refractivity contribution is 5.76. The van der Waals surface area contributed by atoms with Gasteiger partial charge in [0, 0.05) is 56.2 Å². The van der Waals surface area contributed by atoms with E-state index in [0.717, 1.165) is 45.4 Å². The number of anilines is 1. The Hall–Kier alpha value is -1.85. The number of hydrogen-bond donors (Lipinski definition) is 1. The van der Waals surface area contributed by atoms with Gasteiger partial charge in [-0.2, -0.15) is 0 Å². The number of hydrogen-bond acceptors (Lipinski definition) is 5. The predicted octanol–water partition coefficient (Wildman–Crippen LogP) is 3.71. The van der Waals surface area contributed by atoms with E-state index in [1.54, 1.807) is 0 Å². The molecule has 0 bridgehead atoms. The van der Waals surface area contributed by atoms with Crippen LogP contribution in [0.2, 0.25) is 0 Å². The lowest BCUT2D eigenvalue weighted by atomic mass is 9.55. The van der Waals surface area contributed by atoms with Crippen LogP contribution in [-0.2, 0) is 9.53 Å². The zero-order chi connectivity index (χ0) is 22.6. The average molecular weight is 439 g/mol. The number of piperazine rings is 1. The third kappa shape index (κ3) is 3.49. The Kier molecular flexibility index (Phi) is 5.61. The minimum absolute atomic E-state index is 0.0945. The van der Waals surface area contributed by atoms with Gasteiger partial charge < -0.3 is 14.7 Å². The third-order valence-corrected chi connectivity index (χ3v) is 9.25. The number of fused-ring (bicyclic) bond motifs is 2. The molecule has 2 saturated heterocycles. The van der Waals surface area contributed by atoms with Gasteiger partial charge in [0.15, 0.2) is 0 Å². The summed E-state index contributed by atoms with van der Waals surface area (Å²) in [6, 6.07) is 6.69. The average Bonchev–Trinajstić information content (AvgIpc) is 3.08. The SMILES string of the molecule is Cc1ccc(N2CCN(C[C@H]3C(=O)O[C@@H]4CC5=CCC[C@@H](C)[C@@]5(C)[C@H](O)[C@@H]43)CC2)cc1C. The van der Waals surface area contributed by atoms with Crippen molar-refractivity contribution in [3.8, 4) is 0 Å². The summed E-state index contributed by atoms with van der Waals surface area (Å²) in [6.45, 7) is 13.3. The molecule has 0 aromatic heterocycles. The van der Waals surface area contributed by atoms with Gasteiger partial charge in [0.25, 0.3) is 0 Å². The first-order chi connectivity index (χ1) is 15.3. The van der Waals surface area contributed by atoms with Gasteiger partial charge in [-0.25, -0.2) is 0 Å². The summed E-state index contributed by atoms with van der Waals surface area (Å²) in [7, 11) is 0. The molecule has 1 aromatic carbocycles. The van der Waals surface area contributed by atoms with E-state index in [-0.39, 0.29) is 29.3 Å². The van der Waals surface area contributed by atoms with Gasteiger partial charge in [0.2, 0.25) is 0 Å². The maximum absolute atomic E-state index is 12.9. The first-order valence-corrected chi connectivity index (χ1v) is 12.4. The Balaban J connectivity index is 1.27. The van der Waals surface area contributed by atoms with E-state index >= 15 is 0 Å². The number of ether oxygens (including phenoxy) is 1. The molecule has 0 radical (unpaired) electrons. The van der Waals surface area contributed by atoms with Crippen molar-refractivity contribution in [2.45, 2.75) is 59.2 Å². The number of allylic oxidation sites excluding steroid dienone is 1. The van der Waals surface area contributed by atoms with Crippen molar-refractivity contribution in [2.75, 3.05) is 37.6 Å². The molecule has 4 aliphatic rings. The molecule has 5 heteroatoms. The predicted molar refractivity (Wildman–Crippen MR) is 127 cm³/mol. The van der Waals surface area contributed by atoms with E-state index < -0.39 is 6.10 Å². The third-order valence-electron chi connectivity index (χ3n) is 9.25. The molecule has 1 N–H and O–H groups in total. The number of aliphatic hydroxyl groups excluding tert-OH is 1. The molecule has 0 amide bonds. The Labute approximate surface area is 192 Å². The van der Waals surface area contributed by atoms with Crippen molar-refractivity contribution in [1.29, 1.82) is 0 Å². The van der Waals surface area contributed by atoms with E-state index in [4.69, 9.17) is 4.74 Å². The fourth-order valence-electron chi connectivity index (χ4n) is 6.66. The highest BCUT2D eigenvalue weighted by atomic mass is 16.6. The molecule has 2 heterocycles. The van der Waals surface area contributed by atoms with Gasteiger partial charge in [-0.15, -0.1) is 0 Å². The molecule has 1 aromatic rings. The van der Waals surface area contributed by atoms with Crippen LogP contribution >= 0.6 is 0 Å². The van der Waals surface area contributed by atoms with Crippen LogP contribution in [0.5, 0.6) is 0 Å². The number of rotatable bonds is 3. The van der Waals surface area contributed by atoms with E-state index in [9.17, 15) is 9.90 Å². The number of esters is 1. The lowest BCUT2D eigenvalue weighted by Crippen LogP contribution is -2.55. The minimum Gasteiger partial charge on any atom is -0.461 e. The standard InChI is InChI=1S/C27H38N2O3/c1-17-8-9-21(14-18(17)2)29-12-10-28(11-13-29)16-22-24-23(32-26(22)31)15-20-7-5-6-19(3)27(20,4)25(24)30/h7-9,14,19,22-25,30H,5-6,10-13,15-16H2,1-4H3/t19-,22-,23-,24-,25-,27-/m1/s1. The molecule has 32 heavy (non-hydrogen) atoms. The number of benzene rings is 1. The topological polar surface area (TPSA) is 53.0 Å². The van der Waals surface area contributed by atoms with Crippen molar-refractivity contribution in [3.05, 3.63) is 41.0 Å². The highest BCUT2D eigenvalue weighted by Gasteiger charge is 2.59.